The number of carbonyl (C=O) groups is 1. The van der Waals surface area contributed by atoms with Gasteiger partial charge in [-0.2, -0.15) is 0 Å². The van der Waals surface area contributed by atoms with Crippen LogP contribution in [0.1, 0.15) is 5.56 Å². The van der Waals surface area contributed by atoms with Crippen LogP contribution < -0.4 is 10.1 Å². The van der Waals surface area contributed by atoms with Crippen LogP contribution in [0.3, 0.4) is 0 Å². The fourth-order valence-electron chi connectivity index (χ4n) is 2.97. The van der Waals surface area contributed by atoms with Crippen LogP contribution >= 0.6 is 0 Å². The lowest BCUT2D eigenvalue weighted by Crippen LogP contribution is -2.49. The van der Waals surface area contributed by atoms with Crippen LogP contribution in [0.4, 0.5) is 10.6 Å². The average Bonchev–Trinajstić information content (AvgIpc) is 2.78. The van der Waals surface area contributed by atoms with Gasteiger partial charge in [-0.1, -0.05) is 13.2 Å². The number of nitrogens with one attached hydrogen (secondary N) is 1. The minimum Gasteiger partial charge on any atom is -0.473 e. The van der Waals surface area contributed by atoms with Gasteiger partial charge in [0.15, 0.2) is 5.82 Å². The SMILES string of the molecule is C=C(C=NC)COc1cc(C(=C)N2CCN(C(=O)Nc3cnccn3)CC2)ccn1. The van der Waals surface area contributed by atoms with E-state index in [9.17, 15) is 4.79 Å². The first-order valence-corrected chi connectivity index (χ1v) is 9.52. The van der Waals surface area contributed by atoms with Crippen molar-refractivity contribution in [1.29, 1.82) is 0 Å². The van der Waals surface area contributed by atoms with E-state index in [1.165, 1.54) is 12.4 Å². The third-order valence-corrected chi connectivity index (χ3v) is 4.53. The largest absolute Gasteiger partial charge is 0.473 e. The zero-order valence-corrected chi connectivity index (χ0v) is 17.0. The van der Waals surface area contributed by atoms with Gasteiger partial charge in [0.1, 0.15) is 6.61 Å². The Kier molecular flexibility index (Phi) is 7.09. The summed E-state index contributed by atoms with van der Waals surface area (Å²) < 4.78 is 5.67. The van der Waals surface area contributed by atoms with Crippen molar-refractivity contribution < 1.29 is 9.53 Å². The molecule has 0 saturated carbocycles. The van der Waals surface area contributed by atoms with E-state index in [4.69, 9.17) is 4.74 Å². The van der Waals surface area contributed by atoms with Crippen molar-refractivity contribution >= 4 is 23.8 Å². The molecule has 3 heterocycles. The molecule has 1 saturated heterocycles. The van der Waals surface area contributed by atoms with Crippen molar-refractivity contribution in [2.24, 2.45) is 4.99 Å². The maximum Gasteiger partial charge on any atom is 0.323 e. The molecule has 1 aliphatic rings. The van der Waals surface area contributed by atoms with Gasteiger partial charge in [0.2, 0.25) is 5.88 Å². The number of hydrogen-bond acceptors (Lipinski definition) is 7. The molecule has 1 N–H and O–H groups in total. The highest BCUT2D eigenvalue weighted by Crippen LogP contribution is 2.22. The molecule has 0 spiro atoms. The van der Waals surface area contributed by atoms with Crippen LogP contribution in [0, 0.1) is 0 Å². The van der Waals surface area contributed by atoms with Gasteiger partial charge < -0.3 is 14.5 Å². The Labute approximate surface area is 175 Å². The van der Waals surface area contributed by atoms with E-state index in [-0.39, 0.29) is 6.03 Å². The quantitative estimate of drug-likeness (QED) is 0.708. The van der Waals surface area contributed by atoms with Gasteiger partial charge in [-0.3, -0.25) is 15.3 Å². The molecule has 1 fully saturated rings. The van der Waals surface area contributed by atoms with Crippen LogP contribution in [0.25, 0.3) is 5.70 Å². The summed E-state index contributed by atoms with van der Waals surface area (Å²) in [6.07, 6.45) is 7.96. The second kappa shape index (κ2) is 10.1. The van der Waals surface area contributed by atoms with Crippen molar-refractivity contribution in [3.63, 3.8) is 0 Å². The Bertz CT molecular complexity index is 922. The van der Waals surface area contributed by atoms with Crippen molar-refractivity contribution in [3.8, 4) is 5.88 Å². The predicted octanol–water partition coefficient (Wildman–Crippen LogP) is 2.33. The van der Waals surface area contributed by atoms with E-state index < -0.39 is 0 Å². The number of piperazine rings is 1. The van der Waals surface area contributed by atoms with Gasteiger partial charge in [-0.05, 0) is 11.6 Å². The number of aliphatic imine (C=N–C) groups is 1. The standard InChI is InChI=1S/C21H25N7O2/c1-16(13-22-3)15-30-20-12-18(4-5-25-20)17(2)27-8-10-28(11-9-27)21(29)26-19-14-23-6-7-24-19/h4-7,12-14H,1-2,8-11,15H2,3H3,(H,24,26,29). The zero-order chi connectivity index (χ0) is 21.3. The number of urea groups is 1. The van der Waals surface area contributed by atoms with Gasteiger partial charge >= 0.3 is 6.03 Å². The number of aromatic nitrogens is 3. The van der Waals surface area contributed by atoms with Gasteiger partial charge in [-0.15, -0.1) is 0 Å². The summed E-state index contributed by atoms with van der Waals surface area (Å²) in [6, 6.07) is 3.56. The number of ether oxygens (including phenoxy) is 1. The average molecular weight is 407 g/mol. The lowest BCUT2D eigenvalue weighted by molar-refractivity contribution is 0.178. The number of nitrogens with zero attached hydrogens (tertiary/aromatic N) is 6. The molecule has 2 aromatic heterocycles. The minimum absolute atomic E-state index is 0.184. The molecule has 3 rings (SSSR count). The highest BCUT2D eigenvalue weighted by molar-refractivity contribution is 5.88. The van der Waals surface area contributed by atoms with Crippen molar-refractivity contribution in [2.45, 2.75) is 0 Å². The number of pyridine rings is 1. The molecule has 0 atom stereocenters. The van der Waals surface area contributed by atoms with Crippen molar-refractivity contribution in [1.82, 2.24) is 24.8 Å². The lowest BCUT2D eigenvalue weighted by atomic mass is 10.1. The van der Waals surface area contributed by atoms with Crippen LogP contribution in [-0.4, -0.2) is 76.8 Å². The number of hydrogen-bond donors (Lipinski definition) is 1. The monoisotopic (exact) mass is 407 g/mol. The summed E-state index contributed by atoms with van der Waals surface area (Å²) in [6.45, 7) is 10.9. The summed E-state index contributed by atoms with van der Waals surface area (Å²) in [5.74, 6) is 0.938. The van der Waals surface area contributed by atoms with Crippen molar-refractivity contribution in [2.75, 3.05) is 45.2 Å². The molecule has 0 aliphatic carbocycles. The molecule has 30 heavy (non-hydrogen) atoms. The van der Waals surface area contributed by atoms with Crippen LogP contribution in [0.15, 0.2) is 60.6 Å². The molecule has 0 bridgehead atoms. The molecule has 2 amide bonds. The van der Waals surface area contributed by atoms with E-state index in [1.807, 2.05) is 12.1 Å². The number of anilines is 1. The normalized spacial score (nSPS) is 13.9. The Morgan fingerprint density at radius 2 is 1.97 bits per heavy atom. The molecule has 0 aromatic carbocycles. The van der Waals surface area contributed by atoms with E-state index in [0.29, 0.717) is 44.5 Å². The molecule has 0 radical (unpaired) electrons. The van der Waals surface area contributed by atoms with E-state index >= 15 is 0 Å². The summed E-state index contributed by atoms with van der Waals surface area (Å²) in [5.41, 5.74) is 2.55. The van der Waals surface area contributed by atoms with E-state index in [0.717, 1.165) is 16.8 Å². The maximum atomic E-state index is 12.4. The third-order valence-electron chi connectivity index (χ3n) is 4.53. The minimum atomic E-state index is -0.184. The summed E-state index contributed by atoms with van der Waals surface area (Å²) in [5, 5.41) is 2.76. The van der Waals surface area contributed by atoms with Gasteiger partial charge in [-0.25, -0.2) is 14.8 Å². The first kappa shape index (κ1) is 21.0. The van der Waals surface area contributed by atoms with Crippen LogP contribution in [0.2, 0.25) is 0 Å². The molecule has 9 heteroatoms. The zero-order valence-electron chi connectivity index (χ0n) is 17.0. The maximum absolute atomic E-state index is 12.4. The fourth-order valence-corrected chi connectivity index (χ4v) is 2.97. The second-order valence-corrected chi connectivity index (χ2v) is 6.66. The summed E-state index contributed by atoms with van der Waals surface area (Å²) >= 11 is 0. The number of amides is 2. The lowest BCUT2D eigenvalue weighted by Gasteiger charge is -2.37. The first-order valence-electron chi connectivity index (χ1n) is 9.52. The van der Waals surface area contributed by atoms with Gasteiger partial charge in [0, 0.05) is 75.4 Å². The molecule has 9 nitrogen and oxygen atoms in total. The predicted molar refractivity (Wildman–Crippen MR) is 117 cm³/mol. The van der Waals surface area contributed by atoms with Crippen LogP contribution in [-0.2, 0) is 0 Å². The Morgan fingerprint density at radius 3 is 2.67 bits per heavy atom. The summed E-state index contributed by atoms with van der Waals surface area (Å²) in [4.78, 5) is 32.5. The van der Waals surface area contributed by atoms with Gasteiger partial charge in [0.25, 0.3) is 0 Å². The van der Waals surface area contributed by atoms with Gasteiger partial charge in [0.05, 0.1) is 6.20 Å². The van der Waals surface area contributed by atoms with E-state index in [2.05, 4.69) is 43.3 Å². The molecule has 1 aliphatic heterocycles. The van der Waals surface area contributed by atoms with Crippen LogP contribution in [0.5, 0.6) is 5.88 Å². The number of rotatable bonds is 7. The molecule has 0 unspecified atom stereocenters. The highest BCUT2D eigenvalue weighted by Gasteiger charge is 2.22. The second-order valence-electron chi connectivity index (χ2n) is 6.66. The number of carbonyl (C=O) groups excluding carboxylic acids is 1. The Morgan fingerprint density at radius 1 is 1.20 bits per heavy atom. The molecular formula is C21H25N7O2. The smallest absolute Gasteiger partial charge is 0.323 e. The van der Waals surface area contributed by atoms with E-state index in [1.54, 1.807) is 30.6 Å². The summed E-state index contributed by atoms with van der Waals surface area (Å²) in [7, 11) is 1.69. The first-order chi connectivity index (χ1) is 14.6. The van der Waals surface area contributed by atoms with Crippen molar-refractivity contribution in [3.05, 3.63) is 61.2 Å². The topological polar surface area (TPSA) is 95.8 Å². The fraction of sp³-hybridized carbons (Fsp3) is 0.286. The molecule has 156 valence electrons. The Balaban J connectivity index is 1.53. The third kappa shape index (κ3) is 5.63. The Hall–Kier alpha value is -3.75. The molecule has 2 aromatic rings. The molecular weight excluding hydrogens is 382 g/mol. The highest BCUT2D eigenvalue weighted by atomic mass is 16.5.